The molecule has 0 saturated carbocycles. The number of hydrogen-bond acceptors (Lipinski definition) is 3. The molecule has 162 valence electrons. The Morgan fingerprint density at radius 3 is 2.41 bits per heavy atom. The van der Waals surface area contributed by atoms with E-state index in [1.54, 1.807) is 0 Å². The maximum Gasteiger partial charge on any atom is 0.175 e. The number of aromatic nitrogens is 2. The van der Waals surface area contributed by atoms with Crippen LogP contribution in [0.15, 0.2) is 78.9 Å². The van der Waals surface area contributed by atoms with Gasteiger partial charge in [-0.3, -0.25) is 4.68 Å². The minimum Gasteiger partial charge on any atom is -0.457 e. The fourth-order valence-corrected chi connectivity index (χ4v) is 3.69. The number of para-hydroxylation sites is 1. The molecule has 4 rings (SSSR count). The molecule has 0 aliphatic carbocycles. The van der Waals surface area contributed by atoms with E-state index in [2.05, 4.69) is 16.7 Å². The van der Waals surface area contributed by atoms with Crippen LogP contribution in [0.4, 0.5) is 11.4 Å². The number of hydrogen-bond donors (Lipinski definition) is 2. The number of benzene rings is 3. The summed E-state index contributed by atoms with van der Waals surface area (Å²) >= 11 is 11.4. The maximum absolute atomic E-state index is 5.96. The third-order valence-corrected chi connectivity index (χ3v) is 5.39. The second-order valence-electron chi connectivity index (χ2n) is 7.35. The molecule has 2 N–H and O–H groups in total. The second kappa shape index (κ2) is 9.85. The molecule has 0 aliphatic heterocycles. The lowest BCUT2D eigenvalue weighted by Gasteiger charge is -2.12. The Labute approximate surface area is 198 Å². The van der Waals surface area contributed by atoms with Crippen molar-refractivity contribution in [2.24, 2.45) is 0 Å². The van der Waals surface area contributed by atoms with Crippen molar-refractivity contribution >= 4 is 40.3 Å². The first-order valence-corrected chi connectivity index (χ1v) is 11.0. The summed E-state index contributed by atoms with van der Waals surface area (Å²) in [4.78, 5) is 0. The number of anilines is 2. The van der Waals surface area contributed by atoms with Crippen LogP contribution in [0.3, 0.4) is 0 Å². The largest absolute Gasteiger partial charge is 0.457 e. The molecule has 0 bridgehead atoms. The van der Waals surface area contributed by atoms with Gasteiger partial charge in [0.25, 0.3) is 0 Å². The van der Waals surface area contributed by atoms with Gasteiger partial charge in [0.15, 0.2) is 5.11 Å². The van der Waals surface area contributed by atoms with Crippen LogP contribution < -0.4 is 15.4 Å². The Morgan fingerprint density at radius 2 is 1.66 bits per heavy atom. The summed E-state index contributed by atoms with van der Waals surface area (Å²) in [7, 11) is 0. The van der Waals surface area contributed by atoms with E-state index in [1.807, 2.05) is 91.3 Å². The number of nitrogens with zero attached hydrogens (tertiary/aromatic N) is 2. The van der Waals surface area contributed by atoms with Crippen molar-refractivity contribution in [3.05, 3.63) is 101 Å². The standard InChI is InChI=1S/C25H23ClN4OS/c1-17-24(28-25(32)27-21-13-11-20(26)12-14-21)18(2)30(29-17)16-19-7-6-10-23(15-19)31-22-8-4-3-5-9-22/h3-15H,16H2,1-2H3,(H2,27,28,32). The predicted molar refractivity (Wildman–Crippen MR) is 135 cm³/mol. The number of aryl methyl sites for hydroxylation is 1. The van der Waals surface area contributed by atoms with E-state index in [9.17, 15) is 0 Å². The minimum absolute atomic E-state index is 0.497. The van der Waals surface area contributed by atoms with Gasteiger partial charge in [-0.1, -0.05) is 41.9 Å². The first-order chi connectivity index (χ1) is 15.5. The van der Waals surface area contributed by atoms with E-state index in [4.69, 9.17) is 33.7 Å². The molecular formula is C25H23ClN4OS. The number of nitrogens with one attached hydrogen (secondary N) is 2. The molecule has 0 unspecified atom stereocenters. The van der Waals surface area contributed by atoms with Gasteiger partial charge in [-0.2, -0.15) is 5.10 Å². The van der Waals surface area contributed by atoms with Crippen LogP contribution in [0.25, 0.3) is 0 Å². The molecule has 5 nitrogen and oxygen atoms in total. The molecule has 32 heavy (non-hydrogen) atoms. The summed E-state index contributed by atoms with van der Waals surface area (Å²) < 4.78 is 7.92. The van der Waals surface area contributed by atoms with Gasteiger partial charge in [0.2, 0.25) is 0 Å². The lowest BCUT2D eigenvalue weighted by atomic mass is 10.2. The Balaban J connectivity index is 1.45. The van der Waals surface area contributed by atoms with Crippen LogP contribution in [-0.2, 0) is 6.54 Å². The summed E-state index contributed by atoms with van der Waals surface area (Å²) in [5, 5.41) is 12.3. The van der Waals surface area contributed by atoms with Crippen LogP contribution in [0.2, 0.25) is 5.02 Å². The molecule has 0 amide bonds. The second-order valence-corrected chi connectivity index (χ2v) is 8.20. The number of ether oxygens (including phenoxy) is 1. The molecule has 0 saturated heterocycles. The van der Waals surface area contributed by atoms with Crippen molar-refractivity contribution < 1.29 is 4.74 Å². The van der Waals surface area contributed by atoms with Crippen LogP contribution >= 0.6 is 23.8 Å². The Hall–Kier alpha value is -3.35. The van der Waals surface area contributed by atoms with Gasteiger partial charge in [-0.15, -0.1) is 0 Å². The molecule has 0 spiro atoms. The highest BCUT2D eigenvalue weighted by atomic mass is 35.5. The summed E-state index contributed by atoms with van der Waals surface area (Å²) in [6.45, 7) is 4.61. The topological polar surface area (TPSA) is 51.1 Å². The molecule has 0 fully saturated rings. The van der Waals surface area contributed by atoms with Crippen molar-refractivity contribution in [1.82, 2.24) is 9.78 Å². The zero-order valence-electron chi connectivity index (χ0n) is 17.8. The van der Waals surface area contributed by atoms with Crippen molar-refractivity contribution in [2.75, 3.05) is 10.6 Å². The van der Waals surface area contributed by atoms with Crippen LogP contribution in [0.1, 0.15) is 17.0 Å². The predicted octanol–water partition coefficient (Wildman–Crippen LogP) is 6.80. The molecule has 0 atom stereocenters. The van der Waals surface area contributed by atoms with E-state index in [0.29, 0.717) is 16.7 Å². The van der Waals surface area contributed by atoms with E-state index < -0.39 is 0 Å². The van der Waals surface area contributed by atoms with Crippen LogP contribution in [-0.4, -0.2) is 14.9 Å². The van der Waals surface area contributed by atoms with Gasteiger partial charge in [-0.25, -0.2) is 0 Å². The summed E-state index contributed by atoms with van der Waals surface area (Å²) in [6, 6.07) is 25.2. The fourth-order valence-electron chi connectivity index (χ4n) is 3.35. The number of thiocarbonyl (C=S) groups is 1. The maximum atomic E-state index is 5.96. The molecule has 3 aromatic carbocycles. The van der Waals surface area contributed by atoms with Crippen LogP contribution in [0, 0.1) is 13.8 Å². The lowest BCUT2D eigenvalue weighted by Crippen LogP contribution is -2.19. The molecule has 7 heteroatoms. The smallest absolute Gasteiger partial charge is 0.175 e. The zero-order chi connectivity index (χ0) is 22.5. The van der Waals surface area contributed by atoms with Gasteiger partial charge in [-0.05, 0) is 80.2 Å². The highest BCUT2D eigenvalue weighted by molar-refractivity contribution is 7.80. The fraction of sp³-hybridized carbons (Fsp3) is 0.120. The number of rotatable bonds is 6. The van der Waals surface area contributed by atoms with Crippen LogP contribution in [0.5, 0.6) is 11.5 Å². The third-order valence-electron chi connectivity index (χ3n) is 4.93. The summed E-state index contributed by atoms with van der Waals surface area (Å²) in [5.74, 6) is 1.60. The molecule has 1 aromatic heterocycles. The third kappa shape index (κ3) is 5.46. The average molecular weight is 463 g/mol. The normalized spacial score (nSPS) is 10.6. The zero-order valence-corrected chi connectivity index (χ0v) is 19.4. The van der Waals surface area contributed by atoms with Gasteiger partial charge >= 0.3 is 0 Å². The first-order valence-electron chi connectivity index (χ1n) is 10.2. The molecule has 0 radical (unpaired) electrons. The lowest BCUT2D eigenvalue weighted by molar-refractivity contribution is 0.481. The molecule has 0 aliphatic rings. The van der Waals surface area contributed by atoms with Gasteiger partial charge < -0.3 is 15.4 Å². The molecular weight excluding hydrogens is 440 g/mol. The quantitative estimate of drug-likeness (QED) is 0.308. The minimum atomic E-state index is 0.497. The monoisotopic (exact) mass is 462 g/mol. The van der Waals surface area contributed by atoms with Crippen molar-refractivity contribution in [3.63, 3.8) is 0 Å². The summed E-state index contributed by atoms with van der Waals surface area (Å²) in [5.41, 5.74) is 4.73. The van der Waals surface area contributed by atoms with E-state index in [-0.39, 0.29) is 0 Å². The van der Waals surface area contributed by atoms with Crippen molar-refractivity contribution in [3.8, 4) is 11.5 Å². The van der Waals surface area contributed by atoms with E-state index in [1.165, 1.54) is 0 Å². The molecule has 1 heterocycles. The van der Waals surface area contributed by atoms with Crippen molar-refractivity contribution in [2.45, 2.75) is 20.4 Å². The Bertz CT molecular complexity index is 1220. The van der Waals surface area contributed by atoms with E-state index in [0.717, 1.165) is 39.8 Å². The Kier molecular flexibility index (Phi) is 6.73. The van der Waals surface area contributed by atoms with Gasteiger partial charge in [0, 0.05) is 10.7 Å². The molecule has 4 aromatic rings. The van der Waals surface area contributed by atoms with Gasteiger partial charge in [0.1, 0.15) is 11.5 Å². The average Bonchev–Trinajstić information content (AvgIpc) is 3.03. The highest BCUT2D eigenvalue weighted by Crippen LogP contribution is 2.24. The SMILES string of the molecule is Cc1nn(Cc2cccc(Oc3ccccc3)c2)c(C)c1NC(=S)Nc1ccc(Cl)cc1. The van der Waals surface area contributed by atoms with Crippen molar-refractivity contribution in [1.29, 1.82) is 0 Å². The number of halogens is 1. The highest BCUT2D eigenvalue weighted by Gasteiger charge is 2.13. The Morgan fingerprint density at radius 1 is 0.938 bits per heavy atom. The van der Waals surface area contributed by atoms with Gasteiger partial charge in [0.05, 0.1) is 23.6 Å². The first kappa shape index (κ1) is 21.9. The summed E-state index contributed by atoms with van der Waals surface area (Å²) in [6.07, 6.45) is 0. The van der Waals surface area contributed by atoms with E-state index >= 15 is 0 Å².